The van der Waals surface area contributed by atoms with Crippen molar-refractivity contribution in [1.82, 2.24) is 9.88 Å². The molecule has 1 fully saturated rings. The second-order valence-corrected chi connectivity index (χ2v) is 4.46. The molecule has 0 aliphatic carbocycles. The smallest absolute Gasteiger partial charge is 0.334 e. The van der Waals surface area contributed by atoms with Gasteiger partial charge in [0, 0.05) is 25.3 Å². The molecule has 1 unspecified atom stereocenters. The first-order chi connectivity index (χ1) is 8.93. The fraction of sp³-hybridized carbons (Fsp3) is 0.500. The van der Waals surface area contributed by atoms with E-state index in [1.165, 1.54) is 0 Å². The number of carbonyl (C=O) groups is 1. The summed E-state index contributed by atoms with van der Waals surface area (Å²) in [6.07, 6.45) is -1.83. The lowest BCUT2D eigenvalue weighted by atomic mass is 10.2. The van der Waals surface area contributed by atoms with E-state index in [0.717, 1.165) is 31.2 Å². The van der Waals surface area contributed by atoms with E-state index in [4.69, 9.17) is 5.73 Å². The van der Waals surface area contributed by atoms with Gasteiger partial charge in [-0.25, -0.2) is 0 Å². The van der Waals surface area contributed by atoms with Gasteiger partial charge >= 0.3 is 6.18 Å². The molecule has 0 spiro atoms. The van der Waals surface area contributed by atoms with E-state index in [0.29, 0.717) is 13.1 Å². The molecule has 9 heteroatoms. The largest absolute Gasteiger partial charge is 0.433 e. The van der Waals surface area contributed by atoms with Crippen molar-refractivity contribution in [2.75, 3.05) is 13.1 Å². The molecule has 4 nitrogen and oxygen atoms in total. The Labute approximate surface area is 132 Å². The topological polar surface area (TPSA) is 59.2 Å². The molecule has 120 valence electrons. The number of amides is 1. The van der Waals surface area contributed by atoms with Crippen LogP contribution in [0.5, 0.6) is 0 Å². The standard InChI is InChI=1S/C12H14F3N3O.2ClH/c13-12(14,15)10-4-3-8(7-17-10)11(19)18-5-1-2-9(18)6-16;;/h3-4,7,9H,1-2,5-6,16H2;2*1H. The second-order valence-electron chi connectivity index (χ2n) is 4.46. The molecule has 0 saturated carbocycles. The Morgan fingerprint density at radius 2 is 2.05 bits per heavy atom. The van der Waals surface area contributed by atoms with Gasteiger partial charge in [-0.15, -0.1) is 24.8 Å². The second kappa shape index (κ2) is 7.82. The highest BCUT2D eigenvalue weighted by Crippen LogP contribution is 2.27. The van der Waals surface area contributed by atoms with Crippen molar-refractivity contribution in [3.63, 3.8) is 0 Å². The minimum absolute atomic E-state index is 0. The SMILES string of the molecule is Cl.Cl.NCC1CCCN1C(=O)c1ccc(C(F)(F)F)nc1. The molecular weight excluding hydrogens is 330 g/mol. The summed E-state index contributed by atoms with van der Waals surface area (Å²) in [6, 6.07) is 1.94. The molecule has 1 atom stereocenters. The maximum Gasteiger partial charge on any atom is 0.433 e. The summed E-state index contributed by atoms with van der Waals surface area (Å²) < 4.78 is 37.1. The van der Waals surface area contributed by atoms with Gasteiger partial charge in [-0.05, 0) is 25.0 Å². The van der Waals surface area contributed by atoms with Crippen molar-refractivity contribution < 1.29 is 18.0 Å². The summed E-state index contributed by atoms with van der Waals surface area (Å²) in [5.74, 6) is -0.311. The van der Waals surface area contributed by atoms with Crippen LogP contribution in [-0.4, -0.2) is 34.9 Å². The van der Waals surface area contributed by atoms with Gasteiger partial charge in [0.2, 0.25) is 0 Å². The van der Waals surface area contributed by atoms with Gasteiger partial charge < -0.3 is 10.6 Å². The molecule has 1 aliphatic rings. The molecule has 0 radical (unpaired) electrons. The number of nitrogens with two attached hydrogens (primary N) is 1. The number of nitrogens with zero attached hydrogens (tertiary/aromatic N) is 2. The van der Waals surface area contributed by atoms with Gasteiger partial charge in [-0.3, -0.25) is 9.78 Å². The lowest BCUT2D eigenvalue weighted by molar-refractivity contribution is -0.141. The molecule has 21 heavy (non-hydrogen) atoms. The van der Waals surface area contributed by atoms with Crippen LogP contribution >= 0.6 is 24.8 Å². The molecule has 0 aromatic carbocycles. The molecule has 2 N–H and O–H groups in total. The number of alkyl halides is 3. The molecule has 1 amide bonds. The van der Waals surface area contributed by atoms with Crippen molar-refractivity contribution in [2.24, 2.45) is 5.73 Å². The third-order valence-corrected chi connectivity index (χ3v) is 3.21. The molecule has 1 saturated heterocycles. The first-order valence-corrected chi connectivity index (χ1v) is 5.98. The number of rotatable bonds is 2. The van der Waals surface area contributed by atoms with Crippen LogP contribution in [-0.2, 0) is 6.18 Å². The van der Waals surface area contributed by atoms with E-state index in [2.05, 4.69) is 4.98 Å². The van der Waals surface area contributed by atoms with E-state index >= 15 is 0 Å². The van der Waals surface area contributed by atoms with Crippen molar-refractivity contribution in [1.29, 1.82) is 0 Å². The zero-order chi connectivity index (χ0) is 14.0. The molecule has 1 aromatic heterocycles. The number of pyridine rings is 1. The minimum atomic E-state index is -4.49. The number of carbonyl (C=O) groups excluding carboxylic acids is 1. The highest BCUT2D eigenvalue weighted by Gasteiger charge is 2.33. The van der Waals surface area contributed by atoms with Crippen molar-refractivity contribution in [3.8, 4) is 0 Å². The maximum atomic E-state index is 12.4. The van der Waals surface area contributed by atoms with Gasteiger partial charge in [0.15, 0.2) is 0 Å². The van der Waals surface area contributed by atoms with E-state index < -0.39 is 11.9 Å². The number of likely N-dealkylation sites (tertiary alicyclic amines) is 1. The van der Waals surface area contributed by atoms with Crippen LogP contribution in [0.3, 0.4) is 0 Å². The highest BCUT2D eigenvalue weighted by atomic mass is 35.5. The summed E-state index contributed by atoms with van der Waals surface area (Å²) >= 11 is 0. The summed E-state index contributed by atoms with van der Waals surface area (Å²) in [4.78, 5) is 17.0. The first-order valence-electron chi connectivity index (χ1n) is 5.98. The van der Waals surface area contributed by atoms with Gasteiger partial charge in [0.25, 0.3) is 5.91 Å². The summed E-state index contributed by atoms with van der Waals surface area (Å²) in [5, 5.41) is 0. The quantitative estimate of drug-likeness (QED) is 0.895. The fourth-order valence-corrected chi connectivity index (χ4v) is 2.20. The van der Waals surface area contributed by atoms with E-state index in [-0.39, 0.29) is 42.3 Å². The first kappa shape index (κ1) is 19.9. The Kier molecular flexibility index (Phi) is 7.43. The van der Waals surface area contributed by atoms with Crippen molar-refractivity contribution in [3.05, 3.63) is 29.6 Å². The molecule has 2 heterocycles. The van der Waals surface area contributed by atoms with Gasteiger partial charge in [0.1, 0.15) is 5.69 Å². The number of aromatic nitrogens is 1. The van der Waals surface area contributed by atoms with E-state index in [1.54, 1.807) is 4.90 Å². The molecule has 1 aromatic rings. The summed E-state index contributed by atoms with van der Waals surface area (Å²) in [7, 11) is 0. The fourth-order valence-electron chi connectivity index (χ4n) is 2.20. The van der Waals surface area contributed by atoms with Crippen LogP contribution in [0.1, 0.15) is 28.9 Å². The lowest BCUT2D eigenvalue weighted by Crippen LogP contribution is -2.39. The average Bonchev–Trinajstić information content (AvgIpc) is 2.85. The van der Waals surface area contributed by atoms with Gasteiger partial charge in [-0.1, -0.05) is 0 Å². The number of hydrogen-bond acceptors (Lipinski definition) is 3. The monoisotopic (exact) mass is 345 g/mol. The highest BCUT2D eigenvalue weighted by molar-refractivity contribution is 5.94. The normalized spacial score (nSPS) is 17.9. The van der Waals surface area contributed by atoms with Crippen LogP contribution in [0, 0.1) is 0 Å². The van der Waals surface area contributed by atoms with Gasteiger partial charge in [0.05, 0.1) is 5.56 Å². The molecular formula is C12H16Cl2F3N3O. The Hall–Kier alpha value is -1.05. The van der Waals surface area contributed by atoms with Crippen LogP contribution in [0.15, 0.2) is 18.3 Å². The van der Waals surface area contributed by atoms with Crippen molar-refractivity contribution in [2.45, 2.75) is 25.1 Å². The molecule has 2 rings (SSSR count). The van der Waals surface area contributed by atoms with E-state index in [9.17, 15) is 18.0 Å². The minimum Gasteiger partial charge on any atom is -0.334 e. The number of halogens is 5. The van der Waals surface area contributed by atoms with Crippen LogP contribution in [0.25, 0.3) is 0 Å². The lowest BCUT2D eigenvalue weighted by Gasteiger charge is -2.23. The Bertz CT molecular complexity index is 468. The van der Waals surface area contributed by atoms with Crippen LogP contribution in [0.2, 0.25) is 0 Å². The van der Waals surface area contributed by atoms with Crippen molar-refractivity contribution >= 4 is 30.7 Å². The zero-order valence-electron chi connectivity index (χ0n) is 11.0. The zero-order valence-corrected chi connectivity index (χ0v) is 12.6. The van der Waals surface area contributed by atoms with Crippen LogP contribution in [0.4, 0.5) is 13.2 Å². The number of hydrogen-bond donors (Lipinski definition) is 1. The summed E-state index contributed by atoms with van der Waals surface area (Å²) in [5.41, 5.74) is 4.72. The summed E-state index contributed by atoms with van der Waals surface area (Å²) in [6.45, 7) is 0.946. The molecule has 0 bridgehead atoms. The third kappa shape index (κ3) is 4.46. The predicted molar refractivity (Wildman–Crippen MR) is 76.8 cm³/mol. The maximum absolute atomic E-state index is 12.4. The molecule has 1 aliphatic heterocycles. The van der Waals surface area contributed by atoms with Crippen LogP contribution < -0.4 is 5.73 Å². The van der Waals surface area contributed by atoms with E-state index in [1.807, 2.05) is 0 Å². The third-order valence-electron chi connectivity index (χ3n) is 3.21. The Morgan fingerprint density at radius 3 is 2.52 bits per heavy atom. The predicted octanol–water partition coefficient (Wildman–Crippen LogP) is 2.51. The van der Waals surface area contributed by atoms with Gasteiger partial charge in [-0.2, -0.15) is 13.2 Å². The Morgan fingerprint density at radius 1 is 1.38 bits per heavy atom. The Balaban J connectivity index is 0.00000200. The average molecular weight is 346 g/mol.